The smallest absolute Gasteiger partial charge is 0.356 e. The van der Waals surface area contributed by atoms with Crippen LogP contribution in [0.5, 0.6) is 0 Å². The van der Waals surface area contributed by atoms with Gasteiger partial charge < -0.3 is 9.84 Å². The van der Waals surface area contributed by atoms with Crippen molar-refractivity contribution in [3.8, 4) is 0 Å². The second-order valence-corrected chi connectivity index (χ2v) is 6.57. The highest BCUT2D eigenvalue weighted by Crippen LogP contribution is 2.19. The van der Waals surface area contributed by atoms with Crippen LogP contribution in [0.3, 0.4) is 0 Å². The molecule has 0 spiro atoms. The number of hydrogen-bond donors (Lipinski definition) is 2. The predicted octanol–water partition coefficient (Wildman–Crippen LogP) is 0.287. The van der Waals surface area contributed by atoms with E-state index in [2.05, 4.69) is 9.82 Å². The third-order valence-corrected chi connectivity index (χ3v) is 4.56. The minimum absolute atomic E-state index is 0.0169. The van der Waals surface area contributed by atoms with E-state index >= 15 is 0 Å². The third-order valence-electron chi connectivity index (χ3n) is 3.12. The molecular formula is C11H17N3O5S. The maximum absolute atomic E-state index is 12.1. The van der Waals surface area contributed by atoms with Gasteiger partial charge in [0, 0.05) is 13.7 Å². The van der Waals surface area contributed by atoms with E-state index in [4.69, 9.17) is 9.84 Å². The van der Waals surface area contributed by atoms with Gasteiger partial charge >= 0.3 is 5.97 Å². The van der Waals surface area contributed by atoms with E-state index in [0.717, 1.165) is 17.5 Å². The fourth-order valence-corrected chi connectivity index (χ4v) is 3.68. The highest BCUT2D eigenvalue weighted by atomic mass is 32.2. The number of carboxylic acid groups (broad SMARTS) is 1. The summed E-state index contributed by atoms with van der Waals surface area (Å²) in [5.41, 5.74) is -0.204. The van der Waals surface area contributed by atoms with Crippen LogP contribution in [0.1, 0.15) is 23.3 Å². The Kier molecular flexibility index (Phi) is 4.29. The second-order valence-electron chi connectivity index (χ2n) is 4.80. The summed E-state index contributed by atoms with van der Waals surface area (Å²) in [5.74, 6) is -1.38. The van der Waals surface area contributed by atoms with E-state index in [0.29, 0.717) is 13.2 Å². The number of ether oxygens (including phenoxy) is 1. The van der Waals surface area contributed by atoms with Gasteiger partial charge in [0.05, 0.1) is 18.6 Å². The maximum Gasteiger partial charge on any atom is 0.356 e. The minimum Gasteiger partial charge on any atom is -0.476 e. The number of aromatic carboxylic acids is 1. The molecule has 0 aliphatic carbocycles. The minimum atomic E-state index is -3.62. The quantitative estimate of drug-likeness (QED) is 0.808. The molecular weight excluding hydrogens is 286 g/mol. The van der Waals surface area contributed by atoms with E-state index in [1.807, 2.05) is 0 Å². The number of carboxylic acids is 1. The van der Waals surface area contributed by atoms with Crippen LogP contribution in [0.15, 0.2) is 6.20 Å². The molecule has 112 valence electrons. The highest BCUT2D eigenvalue weighted by molar-refractivity contribution is 7.92. The van der Waals surface area contributed by atoms with Crippen LogP contribution in [0.4, 0.5) is 5.69 Å². The molecule has 0 bridgehead atoms. The standard InChI is InChI=1S/C11H17N3O5S/c1-14-10(11(15)16)9(5-12-14)13-20(17,18)7-8-3-2-4-19-6-8/h5,8,13H,2-4,6-7H2,1H3,(H,15,16). The molecule has 0 amide bonds. The molecule has 1 saturated heterocycles. The fraction of sp³-hybridized carbons (Fsp3) is 0.636. The van der Waals surface area contributed by atoms with Gasteiger partial charge in [-0.3, -0.25) is 9.40 Å². The first-order valence-electron chi connectivity index (χ1n) is 6.22. The Labute approximate surface area is 116 Å². The third kappa shape index (κ3) is 3.48. The summed E-state index contributed by atoms with van der Waals surface area (Å²) in [5, 5.41) is 12.8. The van der Waals surface area contributed by atoms with Crippen molar-refractivity contribution in [2.45, 2.75) is 12.8 Å². The predicted molar refractivity (Wildman–Crippen MR) is 71.1 cm³/mol. The van der Waals surface area contributed by atoms with Crippen LogP contribution in [-0.2, 0) is 21.8 Å². The lowest BCUT2D eigenvalue weighted by molar-refractivity contribution is 0.0626. The lowest BCUT2D eigenvalue weighted by atomic mass is 10.1. The van der Waals surface area contributed by atoms with Gasteiger partial charge in [0.25, 0.3) is 0 Å². The maximum atomic E-state index is 12.1. The molecule has 1 aliphatic heterocycles. The van der Waals surface area contributed by atoms with Gasteiger partial charge in [0.15, 0.2) is 5.69 Å². The van der Waals surface area contributed by atoms with E-state index in [1.165, 1.54) is 13.2 Å². The molecule has 9 heteroatoms. The van der Waals surface area contributed by atoms with E-state index in [-0.39, 0.29) is 23.1 Å². The highest BCUT2D eigenvalue weighted by Gasteiger charge is 2.25. The van der Waals surface area contributed by atoms with Crippen molar-refractivity contribution in [1.82, 2.24) is 9.78 Å². The molecule has 0 aromatic carbocycles. The number of anilines is 1. The summed E-state index contributed by atoms with van der Waals surface area (Å²) in [6.45, 7) is 1.08. The number of rotatable bonds is 5. The normalized spacial score (nSPS) is 19.8. The molecule has 2 heterocycles. The first-order chi connectivity index (χ1) is 9.39. The Morgan fingerprint density at radius 2 is 2.40 bits per heavy atom. The van der Waals surface area contributed by atoms with E-state index in [9.17, 15) is 13.2 Å². The van der Waals surface area contributed by atoms with Crippen molar-refractivity contribution in [3.05, 3.63) is 11.9 Å². The number of aromatic nitrogens is 2. The Hall–Kier alpha value is -1.61. The molecule has 1 aromatic rings. The summed E-state index contributed by atoms with van der Waals surface area (Å²) in [6.07, 6.45) is 2.82. The van der Waals surface area contributed by atoms with Crippen molar-refractivity contribution in [1.29, 1.82) is 0 Å². The number of aryl methyl sites for hydroxylation is 1. The molecule has 2 rings (SSSR count). The van der Waals surface area contributed by atoms with Crippen LogP contribution < -0.4 is 4.72 Å². The molecule has 0 radical (unpaired) electrons. The van der Waals surface area contributed by atoms with Crippen LogP contribution in [0, 0.1) is 5.92 Å². The zero-order valence-electron chi connectivity index (χ0n) is 11.1. The van der Waals surface area contributed by atoms with Crippen molar-refractivity contribution in [2.75, 3.05) is 23.7 Å². The van der Waals surface area contributed by atoms with E-state index in [1.54, 1.807) is 0 Å². The van der Waals surface area contributed by atoms with Crippen molar-refractivity contribution in [3.63, 3.8) is 0 Å². The van der Waals surface area contributed by atoms with Gasteiger partial charge in [-0.25, -0.2) is 13.2 Å². The molecule has 2 N–H and O–H groups in total. The molecule has 8 nitrogen and oxygen atoms in total. The van der Waals surface area contributed by atoms with Crippen molar-refractivity contribution in [2.24, 2.45) is 13.0 Å². The second kappa shape index (κ2) is 5.80. The molecule has 1 unspecified atom stereocenters. The Morgan fingerprint density at radius 3 is 3.00 bits per heavy atom. The zero-order valence-corrected chi connectivity index (χ0v) is 11.9. The zero-order chi connectivity index (χ0) is 14.8. The SMILES string of the molecule is Cn1ncc(NS(=O)(=O)CC2CCCOC2)c1C(=O)O. The number of carbonyl (C=O) groups is 1. The molecule has 20 heavy (non-hydrogen) atoms. The van der Waals surface area contributed by atoms with Crippen molar-refractivity contribution < 1.29 is 23.1 Å². The molecule has 1 aromatic heterocycles. The molecule has 1 fully saturated rings. The van der Waals surface area contributed by atoms with Crippen molar-refractivity contribution >= 4 is 21.7 Å². The van der Waals surface area contributed by atoms with Crippen LogP contribution in [-0.4, -0.2) is 48.2 Å². The average molecular weight is 303 g/mol. The van der Waals surface area contributed by atoms with Crippen LogP contribution >= 0.6 is 0 Å². The first kappa shape index (κ1) is 14.8. The van der Waals surface area contributed by atoms with Gasteiger partial charge in [-0.15, -0.1) is 0 Å². The number of nitrogens with one attached hydrogen (secondary N) is 1. The van der Waals surface area contributed by atoms with Crippen LogP contribution in [0.25, 0.3) is 0 Å². The van der Waals surface area contributed by atoms with Gasteiger partial charge in [-0.2, -0.15) is 5.10 Å². The number of nitrogens with zero attached hydrogens (tertiary/aromatic N) is 2. The first-order valence-corrected chi connectivity index (χ1v) is 7.88. The summed E-state index contributed by atoms with van der Waals surface area (Å²) in [7, 11) is -2.18. The summed E-state index contributed by atoms with van der Waals surface area (Å²) < 4.78 is 32.8. The van der Waals surface area contributed by atoms with Gasteiger partial charge in [-0.05, 0) is 18.8 Å². The monoisotopic (exact) mass is 303 g/mol. The topological polar surface area (TPSA) is 111 Å². The van der Waals surface area contributed by atoms with E-state index < -0.39 is 16.0 Å². The Bertz CT molecular complexity index is 589. The lowest BCUT2D eigenvalue weighted by Crippen LogP contribution is -2.28. The van der Waals surface area contributed by atoms with Gasteiger partial charge in [-0.1, -0.05) is 0 Å². The summed E-state index contributed by atoms with van der Waals surface area (Å²) in [4.78, 5) is 11.1. The summed E-state index contributed by atoms with van der Waals surface area (Å²) in [6, 6.07) is 0. The Morgan fingerprint density at radius 1 is 1.65 bits per heavy atom. The molecule has 0 saturated carbocycles. The van der Waals surface area contributed by atoms with Crippen LogP contribution in [0.2, 0.25) is 0 Å². The van der Waals surface area contributed by atoms with Gasteiger partial charge in [0.2, 0.25) is 10.0 Å². The average Bonchev–Trinajstić information content (AvgIpc) is 2.70. The molecule has 1 atom stereocenters. The lowest BCUT2D eigenvalue weighted by Gasteiger charge is -2.21. The molecule has 1 aliphatic rings. The summed E-state index contributed by atoms with van der Waals surface area (Å²) >= 11 is 0. The largest absolute Gasteiger partial charge is 0.476 e. The fourth-order valence-electron chi connectivity index (χ4n) is 2.22. The van der Waals surface area contributed by atoms with Gasteiger partial charge in [0.1, 0.15) is 5.69 Å². The number of sulfonamides is 1. The number of hydrogen-bond acceptors (Lipinski definition) is 5. The Balaban J connectivity index is 2.10.